The Hall–Kier alpha value is -1.44. The molecule has 0 aromatic carbocycles. The number of carbonyl (C=O) groups excluding carboxylic acids is 1. The molecular weight excluding hydrogens is 208 g/mol. The first-order valence-corrected chi connectivity index (χ1v) is 5.75. The van der Waals surface area contributed by atoms with Crippen molar-refractivity contribution in [3.05, 3.63) is 0 Å². The highest BCUT2D eigenvalue weighted by Gasteiger charge is 2.37. The van der Waals surface area contributed by atoms with Gasteiger partial charge >= 0.3 is 0 Å². The van der Waals surface area contributed by atoms with Crippen LogP contribution in [0.25, 0.3) is 0 Å². The molecule has 14 heavy (non-hydrogen) atoms. The first-order chi connectivity index (χ1) is 6.48. The molecule has 2 aliphatic heterocycles. The molecule has 7 nitrogen and oxygen atoms in total. The van der Waals surface area contributed by atoms with Gasteiger partial charge in [-0.2, -0.15) is 5.10 Å². The van der Waals surface area contributed by atoms with Gasteiger partial charge in [-0.05, 0) is 0 Å². The summed E-state index contributed by atoms with van der Waals surface area (Å²) in [6.07, 6.45) is 1.80. The summed E-state index contributed by atoms with van der Waals surface area (Å²) in [7, 11) is -3.47. The standard InChI is InChI=1S/C6H8N4O3S/c1-14(12,13)6-8-4-3(2-7-10-4)5(11)9-6/h2-4,10H,1H3,(H,8,9,11)/t3-,4+/m0/s1. The average Bonchev–Trinajstić information content (AvgIpc) is 2.50. The number of fused-ring (bicyclic) bond motifs is 1. The molecule has 1 amide bonds. The van der Waals surface area contributed by atoms with Crippen molar-refractivity contribution in [3.8, 4) is 0 Å². The van der Waals surface area contributed by atoms with E-state index in [0.29, 0.717) is 0 Å². The molecule has 0 unspecified atom stereocenters. The molecule has 2 aliphatic rings. The van der Waals surface area contributed by atoms with Crippen LogP contribution in [-0.2, 0) is 14.6 Å². The van der Waals surface area contributed by atoms with E-state index >= 15 is 0 Å². The Labute approximate surface area is 80.2 Å². The smallest absolute Gasteiger partial charge is 0.238 e. The first-order valence-electron chi connectivity index (χ1n) is 3.86. The zero-order valence-electron chi connectivity index (χ0n) is 7.26. The molecule has 0 aromatic rings. The molecule has 0 saturated carbocycles. The Balaban J connectivity index is 2.38. The lowest BCUT2D eigenvalue weighted by molar-refractivity contribution is -0.122. The summed E-state index contributed by atoms with van der Waals surface area (Å²) in [6, 6.07) is 0. The Kier molecular flexibility index (Phi) is 1.81. The number of aliphatic imine (C=N–C) groups is 1. The molecule has 0 spiro atoms. The van der Waals surface area contributed by atoms with E-state index < -0.39 is 27.8 Å². The molecule has 8 heteroatoms. The van der Waals surface area contributed by atoms with Crippen molar-refractivity contribution < 1.29 is 13.2 Å². The number of carbonyl (C=O) groups is 1. The van der Waals surface area contributed by atoms with Gasteiger partial charge in [-0.3, -0.25) is 10.2 Å². The molecule has 0 saturated heterocycles. The van der Waals surface area contributed by atoms with E-state index in [0.717, 1.165) is 6.26 Å². The quantitative estimate of drug-likeness (QED) is 0.491. The minimum absolute atomic E-state index is 0.304. The van der Waals surface area contributed by atoms with Gasteiger partial charge in [0.25, 0.3) is 0 Å². The number of hydrazone groups is 1. The third-order valence-electron chi connectivity index (χ3n) is 1.92. The molecule has 2 atom stereocenters. The number of sulfone groups is 1. The van der Waals surface area contributed by atoms with Gasteiger partial charge in [-0.25, -0.2) is 13.4 Å². The van der Waals surface area contributed by atoms with Gasteiger partial charge in [0.2, 0.25) is 20.9 Å². The van der Waals surface area contributed by atoms with Gasteiger partial charge < -0.3 is 5.32 Å². The fraction of sp³-hybridized carbons (Fsp3) is 0.500. The largest absolute Gasteiger partial charge is 0.301 e. The van der Waals surface area contributed by atoms with Gasteiger partial charge in [-0.1, -0.05) is 0 Å². The van der Waals surface area contributed by atoms with E-state index in [1.807, 2.05) is 0 Å². The lowest BCUT2D eigenvalue weighted by atomic mass is 10.1. The number of amidine groups is 1. The Morgan fingerprint density at radius 3 is 2.86 bits per heavy atom. The second kappa shape index (κ2) is 2.77. The normalized spacial score (nSPS) is 30.4. The lowest BCUT2D eigenvalue weighted by Crippen LogP contribution is -2.49. The van der Waals surface area contributed by atoms with Gasteiger partial charge in [-0.15, -0.1) is 0 Å². The summed E-state index contributed by atoms with van der Waals surface area (Å²) in [5.74, 6) is -0.917. The number of amides is 1. The molecule has 0 aromatic heterocycles. The van der Waals surface area contributed by atoms with Crippen LogP contribution in [0.4, 0.5) is 0 Å². The Morgan fingerprint density at radius 1 is 1.50 bits per heavy atom. The average molecular weight is 216 g/mol. The van der Waals surface area contributed by atoms with Crippen LogP contribution in [0.5, 0.6) is 0 Å². The van der Waals surface area contributed by atoms with Crippen LogP contribution >= 0.6 is 0 Å². The second-order valence-electron chi connectivity index (χ2n) is 3.07. The van der Waals surface area contributed by atoms with Crippen molar-refractivity contribution in [2.24, 2.45) is 16.0 Å². The highest BCUT2D eigenvalue weighted by atomic mass is 32.2. The topological polar surface area (TPSA) is 100.0 Å². The number of hydrogen-bond acceptors (Lipinski definition) is 6. The fourth-order valence-electron chi connectivity index (χ4n) is 1.22. The van der Waals surface area contributed by atoms with Crippen molar-refractivity contribution in [1.82, 2.24) is 10.7 Å². The highest BCUT2D eigenvalue weighted by molar-refractivity contribution is 8.05. The molecule has 2 rings (SSSR count). The number of nitrogens with zero attached hydrogens (tertiary/aromatic N) is 2. The van der Waals surface area contributed by atoms with E-state index in [-0.39, 0.29) is 5.17 Å². The molecular formula is C6H8N4O3S. The predicted octanol–water partition coefficient (Wildman–Crippen LogP) is -1.95. The molecule has 0 fully saturated rings. The van der Waals surface area contributed by atoms with Gasteiger partial charge in [0.05, 0.1) is 0 Å². The molecule has 76 valence electrons. The van der Waals surface area contributed by atoms with Crippen LogP contribution < -0.4 is 10.7 Å². The predicted molar refractivity (Wildman–Crippen MR) is 49.3 cm³/mol. The van der Waals surface area contributed by atoms with Gasteiger partial charge in [0.15, 0.2) is 6.17 Å². The number of nitrogens with one attached hydrogen (secondary N) is 2. The van der Waals surface area contributed by atoms with Crippen LogP contribution in [0.2, 0.25) is 0 Å². The number of hydrogen-bond donors (Lipinski definition) is 2. The third kappa shape index (κ3) is 1.37. The second-order valence-corrected chi connectivity index (χ2v) is 5.00. The van der Waals surface area contributed by atoms with Crippen LogP contribution in [0.1, 0.15) is 0 Å². The summed E-state index contributed by atoms with van der Waals surface area (Å²) in [6.45, 7) is 0. The van der Waals surface area contributed by atoms with E-state index in [4.69, 9.17) is 0 Å². The fourth-order valence-corrected chi connectivity index (χ4v) is 1.81. The molecule has 2 heterocycles. The number of rotatable bonds is 0. The van der Waals surface area contributed by atoms with Crippen LogP contribution in [0.3, 0.4) is 0 Å². The first kappa shape index (κ1) is 9.13. The molecule has 0 radical (unpaired) electrons. The van der Waals surface area contributed by atoms with Crippen LogP contribution in [-0.4, -0.2) is 38.1 Å². The summed E-state index contributed by atoms with van der Waals surface area (Å²) >= 11 is 0. The monoisotopic (exact) mass is 216 g/mol. The summed E-state index contributed by atoms with van der Waals surface area (Å²) in [4.78, 5) is 15.2. The molecule has 0 aliphatic carbocycles. The van der Waals surface area contributed by atoms with Crippen LogP contribution in [0.15, 0.2) is 10.1 Å². The summed E-state index contributed by atoms with van der Waals surface area (Å²) < 4.78 is 22.2. The molecule has 0 bridgehead atoms. The van der Waals surface area contributed by atoms with Crippen molar-refractivity contribution in [3.63, 3.8) is 0 Å². The van der Waals surface area contributed by atoms with Crippen molar-refractivity contribution in [2.45, 2.75) is 6.17 Å². The minimum Gasteiger partial charge on any atom is -0.301 e. The minimum atomic E-state index is -3.47. The molecule has 2 N–H and O–H groups in total. The summed E-state index contributed by atoms with van der Waals surface area (Å²) in [5, 5.41) is 5.57. The Morgan fingerprint density at radius 2 is 2.21 bits per heavy atom. The van der Waals surface area contributed by atoms with Gasteiger partial charge in [0.1, 0.15) is 5.92 Å². The zero-order chi connectivity index (χ0) is 10.3. The van der Waals surface area contributed by atoms with E-state index in [1.165, 1.54) is 6.21 Å². The van der Waals surface area contributed by atoms with E-state index in [1.54, 1.807) is 0 Å². The van der Waals surface area contributed by atoms with Gasteiger partial charge in [0, 0.05) is 12.5 Å². The van der Waals surface area contributed by atoms with Crippen LogP contribution in [0, 0.1) is 5.92 Å². The van der Waals surface area contributed by atoms with Crippen molar-refractivity contribution in [1.29, 1.82) is 0 Å². The third-order valence-corrected chi connectivity index (χ3v) is 2.83. The maximum absolute atomic E-state index is 11.3. The SMILES string of the molecule is CS(=O)(=O)C1=N[C@@H]2NN=C[C@@H]2C(=O)N1. The highest BCUT2D eigenvalue weighted by Crippen LogP contribution is 2.13. The van der Waals surface area contributed by atoms with Crippen molar-refractivity contribution >= 4 is 27.1 Å². The maximum Gasteiger partial charge on any atom is 0.238 e. The Bertz CT molecular complexity index is 438. The summed E-state index contributed by atoms with van der Waals surface area (Å²) in [5.41, 5.74) is 2.55. The van der Waals surface area contributed by atoms with Crippen molar-refractivity contribution in [2.75, 3.05) is 6.26 Å². The lowest BCUT2D eigenvalue weighted by Gasteiger charge is -2.20. The van der Waals surface area contributed by atoms with E-state index in [2.05, 4.69) is 20.8 Å². The van der Waals surface area contributed by atoms with E-state index in [9.17, 15) is 13.2 Å². The zero-order valence-corrected chi connectivity index (χ0v) is 8.08. The maximum atomic E-state index is 11.3.